The molecule has 36 heavy (non-hydrogen) atoms. The summed E-state index contributed by atoms with van der Waals surface area (Å²) in [5, 5.41) is 21.9. The molecule has 190 valence electrons. The topological polar surface area (TPSA) is 121 Å². The van der Waals surface area contributed by atoms with Crippen molar-refractivity contribution >= 4 is 27.7 Å². The van der Waals surface area contributed by atoms with E-state index in [1.807, 2.05) is 0 Å². The predicted molar refractivity (Wildman–Crippen MR) is 131 cm³/mol. The monoisotopic (exact) mass is 564 g/mol. The lowest BCUT2D eigenvalue weighted by atomic mass is 9.84. The molecule has 2 aromatic carbocycles. The fraction of sp³-hybridized carbons (Fsp3) is 0.320. The number of carbonyl (C=O) groups excluding carboxylic acids is 1. The summed E-state index contributed by atoms with van der Waals surface area (Å²) in [6, 6.07) is 6.67. The summed E-state index contributed by atoms with van der Waals surface area (Å²) >= 11 is 3.16. The molecule has 0 bridgehead atoms. The van der Waals surface area contributed by atoms with Gasteiger partial charge < -0.3 is 21.3 Å². The first kappa shape index (κ1) is 26.1. The Morgan fingerprint density at radius 1 is 1.22 bits per heavy atom. The zero-order valence-electron chi connectivity index (χ0n) is 19.0. The SMILES string of the molecule is Nc1ncc([C@@H]2CC[C@H](O)[C@H](F)C2)nc1-c1ccc(F)c(C(=O)N[C@H](CO)c2cc(F)cc(Br)c2)c1. The van der Waals surface area contributed by atoms with E-state index in [9.17, 15) is 28.2 Å². The van der Waals surface area contributed by atoms with Gasteiger partial charge in [-0.2, -0.15) is 0 Å². The molecule has 0 unspecified atom stereocenters. The van der Waals surface area contributed by atoms with Crippen LogP contribution in [0.4, 0.5) is 19.0 Å². The van der Waals surface area contributed by atoms with Crippen molar-refractivity contribution in [3.05, 3.63) is 75.5 Å². The Hall–Kier alpha value is -3.02. The molecule has 1 aliphatic carbocycles. The number of hydrogen-bond acceptors (Lipinski definition) is 6. The number of nitrogens with two attached hydrogens (primary N) is 1. The van der Waals surface area contributed by atoms with Crippen LogP contribution < -0.4 is 11.1 Å². The van der Waals surface area contributed by atoms with Crippen molar-refractivity contribution in [1.82, 2.24) is 15.3 Å². The molecule has 7 nitrogen and oxygen atoms in total. The number of nitrogen functional groups attached to an aromatic ring is 1. The number of carbonyl (C=O) groups is 1. The van der Waals surface area contributed by atoms with Crippen molar-refractivity contribution in [2.24, 2.45) is 0 Å². The molecule has 0 aliphatic heterocycles. The van der Waals surface area contributed by atoms with Crippen LogP contribution in [0.3, 0.4) is 0 Å². The molecule has 4 rings (SSSR count). The molecule has 1 aromatic heterocycles. The fourth-order valence-electron chi connectivity index (χ4n) is 4.28. The van der Waals surface area contributed by atoms with E-state index in [0.717, 1.165) is 12.1 Å². The van der Waals surface area contributed by atoms with Gasteiger partial charge in [0, 0.05) is 16.0 Å². The van der Waals surface area contributed by atoms with E-state index in [1.54, 1.807) is 0 Å². The molecule has 1 amide bonds. The van der Waals surface area contributed by atoms with Crippen molar-refractivity contribution in [2.45, 2.75) is 43.5 Å². The normalized spacial score (nSPS) is 20.7. The van der Waals surface area contributed by atoms with Crippen molar-refractivity contribution < 1.29 is 28.2 Å². The van der Waals surface area contributed by atoms with Crippen LogP contribution in [0.15, 0.2) is 47.1 Å². The number of aromatic nitrogens is 2. The fourth-order valence-corrected chi connectivity index (χ4v) is 4.77. The van der Waals surface area contributed by atoms with Gasteiger partial charge in [-0.15, -0.1) is 0 Å². The molecule has 11 heteroatoms. The van der Waals surface area contributed by atoms with Crippen LogP contribution in [0, 0.1) is 11.6 Å². The number of aliphatic hydroxyl groups is 2. The first-order valence-electron chi connectivity index (χ1n) is 11.3. The Labute approximate surface area is 213 Å². The first-order valence-corrected chi connectivity index (χ1v) is 12.1. The molecule has 1 saturated carbocycles. The molecule has 1 aliphatic rings. The molecule has 0 saturated heterocycles. The van der Waals surface area contributed by atoms with Gasteiger partial charge >= 0.3 is 0 Å². The lowest BCUT2D eigenvalue weighted by Crippen LogP contribution is -2.31. The lowest BCUT2D eigenvalue weighted by molar-refractivity contribution is 0.0363. The minimum Gasteiger partial charge on any atom is -0.394 e. The average Bonchev–Trinajstić information content (AvgIpc) is 2.84. The number of amides is 1. The van der Waals surface area contributed by atoms with Crippen LogP contribution in [0.5, 0.6) is 0 Å². The zero-order chi connectivity index (χ0) is 26.0. The van der Waals surface area contributed by atoms with Gasteiger partial charge in [-0.05, 0) is 61.2 Å². The van der Waals surface area contributed by atoms with E-state index in [2.05, 4.69) is 31.2 Å². The molecule has 4 atom stereocenters. The number of benzene rings is 2. The maximum Gasteiger partial charge on any atom is 0.254 e. The molecule has 0 spiro atoms. The predicted octanol–water partition coefficient (Wildman–Crippen LogP) is 4.20. The Morgan fingerprint density at radius 3 is 2.69 bits per heavy atom. The van der Waals surface area contributed by atoms with Crippen LogP contribution in [-0.4, -0.2) is 45.0 Å². The number of rotatable bonds is 6. The van der Waals surface area contributed by atoms with E-state index in [-0.39, 0.29) is 29.4 Å². The highest BCUT2D eigenvalue weighted by Crippen LogP contribution is 2.35. The van der Waals surface area contributed by atoms with Crippen LogP contribution in [0.1, 0.15) is 52.8 Å². The summed E-state index contributed by atoms with van der Waals surface area (Å²) < 4.78 is 42.9. The van der Waals surface area contributed by atoms with Gasteiger partial charge in [-0.25, -0.2) is 23.1 Å². The van der Waals surface area contributed by atoms with E-state index < -0.39 is 42.5 Å². The number of nitrogens with one attached hydrogen (secondary N) is 1. The third kappa shape index (κ3) is 5.69. The van der Waals surface area contributed by atoms with Crippen molar-refractivity contribution in [3.63, 3.8) is 0 Å². The number of nitrogens with zero attached hydrogens (tertiary/aromatic N) is 2. The van der Waals surface area contributed by atoms with Gasteiger partial charge in [-0.1, -0.05) is 15.9 Å². The minimum atomic E-state index is -1.37. The molecule has 0 radical (unpaired) electrons. The third-order valence-corrected chi connectivity index (χ3v) is 6.69. The Balaban J connectivity index is 1.61. The average molecular weight is 565 g/mol. The highest BCUT2D eigenvalue weighted by Gasteiger charge is 2.31. The third-order valence-electron chi connectivity index (χ3n) is 6.24. The number of aliphatic hydroxyl groups excluding tert-OH is 2. The Bertz CT molecular complexity index is 1260. The molecular formula is C25H24BrF3N4O3. The van der Waals surface area contributed by atoms with Gasteiger partial charge in [0.25, 0.3) is 5.91 Å². The number of alkyl halides is 1. The summed E-state index contributed by atoms with van der Waals surface area (Å²) in [6.45, 7) is -0.547. The number of halogens is 4. The van der Waals surface area contributed by atoms with Crippen LogP contribution in [0.2, 0.25) is 0 Å². The van der Waals surface area contributed by atoms with Gasteiger partial charge in [0.05, 0.1) is 36.2 Å². The molecule has 1 fully saturated rings. The van der Waals surface area contributed by atoms with Gasteiger partial charge in [0.2, 0.25) is 0 Å². The highest BCUT2D eigenvalue weighted by atomic mass is 79.9. The van der Waals surface area contributed by atoms with Crippen molar-refractivity contribution in [2.75, 3.05) is 12.3 Å². The van der Waals surface area contributed by atoms with Gasteiger partial charge in [0.15, 0.2) is 0 Å². The second-order valence-corrected chi connectivity index (χ2v) is 9.64. The zero-order valence-corrected chi connectivity index (χ0v) is 20.6. The molecule has 3 aromatic rings. The second-order valence-electron chi connectivity index (χ2n) is 8.73. The maximum atomic E-state index is 14.6. The van der Waals surface area contributed by atoms with E-state index in [1.165, 1.54) is 30.5 Å². The Morgan fingerprint density at radius 2 is 2.00 bits per heavy atom. The minimum absolute atomic E-state index is 0.0437. The van der Waals surface area contributed by atoms with E-state index in [0.29, 0.717) is 34.1 Å². The smallest absolute Gasteiger partial charge is 0.254 e. The standard InChI is InChI=1S/C25H24BrF3N4O3/c26-15-5-14(6-16(27)9-15)21(11-34)33-25(36)17-7-13(1-3-18(17)28)23-24(30)31-10-20(32-23)12-2-4-22(35)19(29)8-12/h1,3,5-7,9-10,12,19,21-22,34-35H,2,4,8,11H2,(H2,30,31)(H,33,36)/t12-,19-,21-,22+/m1/s1. The van der Waals surface area contributed by atoms with Crippen LogP contribution in [0.25, 0.3) is 11.3 Å². The van der Waals surface area contributed by atoms with Gasteiger partial charge in [-0.3, -0.25) is 4.79 Å². The van der Waals surface area contributed by atoms with Gasteiger partial charge in [0.1, 0.15) is 29.3 Å². The number of anilines is 1. The quantitative estimate of drug-likeness (QED) is 0.356. The number of hydrogen-bond donors (Lipinski definition) is 4. The summed E-state index contributed by atoms with van der Waals surface area (Å²) in [5.74, 6) is -2.45. The first-order chi connectivity index (χ1) is 17.2. The summed E-state index contributed by atoms with van der Waals surface area (Å²) in [4.78, 5) is 21.6. The van der Waals surface area contributed by atoms with E-state index in [4.69, 9.17) is 5.73 Å². The lowest BCUT2D eigenvalue weighted by Gasteiger charge is -2.28. The van der Waals surface area contributed by atoms with Crippen molar-refractivity contribution in [3.8, 4) is 11.3 Å². The largest absolute Gasteiger partial charge is 0.394 e. The highest BCUT2D eigenvalue weighted by molar-refractivity contribution is 9.10. The second kappa shape index (κ2) is 10.9. The summed E-state index contributed by atoms with van der Waals surface area (Å²) in [5.41, 5.74) is 6.98. The Kier molecular flexibility index (Phi) is 7.91. The maximum absolute atomic E-state index is 14.6. The summed E-state index contributed by atoms with van der Waals surface area (Å²) in [7, 11) is 0. The van der Waals surface area contributed by atoms with E-state index >= 15 is 0 Å². The van der Waals surface area contributed by atoms with Crippen LogP contribution >= 0.6 is 15.9 Å². The molecule has 1 heterocycles. The van der Waals surface area contributed by atoms with Crippen molar-refractivity contribution in [1.29, 1.82) is 0 Å². The molecule has 5 N–H and O–H groups in total. The molecular weight excluding hydrogens is 541 g/mol. The summed E-state index contributed by atoms with van der Waals surface area (Å²) in [6.07, 6.45) is -0.0109. The van der Waals surface area contributed by atoms with Crippen LogP contribution in [-0.2, 0) is 0 Å².